The van der Waals surface area contributed by atoms with Gasteiger partial charge < -0.3 is 9.47 Å². The lowest BCUT2D eigenvalue weighted by Gasteiger charge is -2.11. The average Bonchev–Trinajstić information content (AvgIpc) is 2.70. The molecule has 0 saturated heterocycles. The number of halogens is 1. The van der Waals surface area contributed by atoms with Crippen molar-refractivity contribution in [1.82, 2.24) is 9.97 Å². The number of hydrogen-bond donors (Lipinski definition) is 0. The smallest absolute Gasteiger partial charge is 0.179 e. The van der Waals surface area contributed by atoms with Gasteiger partial charge in [0.1, 0.15) is 10.9 Å². The Morgan fingerprint density at radius 2 is 1.95 bits per heavy atom. The standard InChI is InChI=1S/C16H17ClN2O2S/c1-10-6-15(19-11(2)18-10)22-9-12-7-13(17)16-14(8-12)20-4-3-5-21-16/h6-8H,3-5,9H2,1-2H3. The average molecular weight is 337 g/mol. The monoisotopic (exact) mass is 336 g/mol. The summed E-state index contributed by atoms with van der Waals surface area (Å²) in [5, 5.41) is 1.57. The zero-order valence-electron chi connectivity index (χ0n) is 12.6. The van der Waals surface area contributed by atoms with Crippen LogP contribution in [0.1, 0.15) is 23.5 Å². The number of aromatic nitrogens is 2. The van der Waals surface area contributed by atoms with Crippen molar-refractivity contribution in [1.29, 1.82) is 0 Å². The van der Waals surface area contributed by atoms with E-state index in [-0.39, 0.29) is 0 Å². The first kappa shape index (κ1) is 15.4. The minimum Gasteiger partial charge on any atom is -0.489 e. The van der Waals surface area contributed by atoms with E-state index < -0.39 is 0 Å². The largest absolute Gasteiger partial charge is 0.489 e. The van der Waals surface area contributed by atoms with E-state index in [1.165, 1.54) is 0 Å². The third kappa shape index (κ3) is 3.65. The van der Waals surface area contributed by atoms with Crippen LogP contribution in [0.2, 0.25) is 5.02 Å². The van der Waals surface area contributed by atoms with Gasteiger partial charge in [-0.25, -0.2) is 9.97 Å². The summed E-state index contributed by atoms with van der Waals surface area (Å²) in [6, 6.07) is 5.92. The van der Waals surface area contributed by atoms with Crippen LogP contribution in [0.5, 0.6) is 11.5 Å². The van der Waals surface area contributed by atoms with Gasteiger partial charge in [0, 0.05) is 17.9 Å². The molecule has 0 saturated carbocycles. The Labute approximate surface area is 139 Å². The molecular formula is C16H17ClN2O2S. The van der Waals surface area contributed by atoms with Gasteiger partial charge in [-0.3, -0.25) is 0 Å². The van der Waals surface area contributed by atoms with Crippen LogP contribution in [0.25, 0.3) is 0 Å². The molecule has 2 heterocycles. The number of nitrogens with zero attached hydrogens (tertiary/aromatic N) is 2. The zero-order chi connectivity index (χ0) is 15.5. The third-order valence-electron chi connectivity index (χ3n) is 3.19. The van der Waals surface area contributed by atoms with Crippen molar-refractivity contribution in [2.45, 2.75) is 31.0 Å². The molecule has 0 unspecified atom stereocenters. The van der Waals surface area contributed by atoms with Gasteiger partial charge in [0.05, 0.1) is 18.2 Å². The summed E-state index contributed by atoms with van der Waals surface area (Å²) >= 11 is 7.97. The van der Waals surface area contributed by atoms with E-state index in [2.05, 4.69) is 9.97 Å². The Morgan fingerprint density at radius 1 is 1.14 bits per heavy atom. The topological polar surface area (TPSA) is 44.2 Å². The summed E-state index contributed by atoms with van der Waals surface area (Å²) in [6.07, 6.45) is 0.870. The van der Waals surface area contributed by atoms with E-state index in [1.807, 2.05) is 32.0 Å². The Balaban J connectivity index is 1.78. The molecule has 0 radical (unpaired) electrons. The van der Waals surface area contributed by atoms with Gasteiger partial charge in [-0.05, 0) is 37.6 Å². The molecular weight excluding hydrogens is 320 g/mol. The molecule has 0 bridgehead atoms. The molecule has 0 aliphatic carbocycles. The van der Waals surface area contributed by atoms with Gasteiger partial charge >= 0.3 is 0 Å². The summed E-state index contributed by atoms with van der Waals surface area (Å²) in [5.74, 6) is 2.95. The second-order valence-corrected chi connectivity index (χ2v) is 6.54. The fraction of sp³-hybridized carbons (Fsp3) is 0.375. The first-order chi connectivity index (χ1) is 10.6. The minimum atomic E-state index is 0.602. The molecule has 0 fully saturated rings. The molecule has 3 rings (SSSR count). The fourth-order valence-corrected chi connectivity index (χ4v) is 3.50. The van der Waals surface area contributed by atoms with Crippen LogP contribution in [0, 0.1) is 13.8 Å². The van der Waals surface area contributed by atoms with Gasteiger partial charge in [0.25, 0.3) is 0 Å². The first-order valence-corrected chi connectivity index (χ1v) is 8.51. The normalized spacial score (nSPS) is 13.8. The Hall–Kier alpha value is -1.46. The van der Waals surface area contributed by atoms with Crippen molar-refractivity contribution in [2.24, 2.45) is 0 Å². The molecule has 6 heteroatoms. The van der Waals surface area contributed by atoms with Crippen LogP contribution >= 0.6 is 23.4 Å². The van der Waals surface area contributed by atoms with Gasteiger partial charge in [0.2, 0.25) is 0 Å². The summed E-state index contributed by atoms with van der Waals surface area (Å²) in [5.41, 5.74) is 2.07. The molecule has 2 aromatic rings. The van der Waals surface area contributed by atoms with Crippen molar-refractivity contribution in [2.75, 3.05) is 13.2 Å². The number of thioether (sulfide) groups is 1. The number of benzene rings is 1. The highest BCUT2D eigenvalue weighted by Crippen LogP contribution is 2.39. The van der Waals surface area contributed by atoms with E-state index in [4.69, 9.17) is 21.1 Å². The van der Waals surface area contributed by atoms with Crippen LogP contribution in [0.4, 0.5) is 0 Å². The maximum atomic E-state index is 6.31. The molecule has 1 aliphatic heterocycles. The number of aryl methyl sites for hydroxylation is 2. The van der Waals surface area contributed by atoms with Crippen LogP contribution < -0.4 is 9.47 Å². The Kier molecular flexibility index (Phi) is 4.74. The van der Waals surface area contributed by atoms with Crippen LogP contribution in [-0.2, 0) is 5.75 Å². The summed E-state index contributed by atoms with van der Waals surface area (Å²) in [6.45, 7) is 5.18. The van der Waals surface area contributed by atoms with Crippen LogP contribution in [0.3, 0.4) is 0 Å². The molecule has 0 spiro atoms. The maximum Gasteiger partial charge on any atom is 0.179 e. The van der Waals surface area contributed by atoms with Crippen molar-refractivity contribution in [3.63, 3.8) is 0 Å². The predicted octanol–water partition coefficient (Wildman–Crippen LogP) is 4.20. The number of rotatable bonds is 3. The molecule has 0 amide bonds. The Bertz CT molecular complexity index is 674. The van der Waals surface area contributed by atoms with E-state index in [9.17, 15) is 0 Å². The lowest BCUT2D eigenvalue weighted by Crippen LogP contribution is -1.97. The number of ether oxygens (including phenoxy) is 2. The van der Waals surface area contributed by atoms with E-state index in [1.54, 1.807) is 11.8 Å². The molecule has 0 atom stereocenters. The van der Waals surface area contributed by atoms with Crippen LogP contribution in [-0.4, -0.2) is 23.2 Å². The summed E-state index contributed by atoms with van der Waals surface area (Å²) < 4.78 is 11.4. The van der Waals surface area contributed by atoms with Gasteiger partial charge in [0.15, 0.2) is 11.5 Å². The second kappa shape index (κ2) is 6.75. The lowest BCUT2D eigenvalue weighted by atomic mass is 10.2. The van der Waals surface area contributed by atoms with Crippen molar-refractivity contribution in [3.8, 4) is 11.5 Å². The molecule has 1 aromatic heterocycles. The third-order valence-corrected chi connectivity index (χ3v) is 4.45. The minimum absolute atomic E-state index is 0.602. The molecule has 1 aromatic carbocycles. The van der Waals surface area contributed by atoms with E-state index in [0.717, 1.165) is 40.0 Å². The second-order valence-electron chi connectivity index (χ2n) is 5.14. The number of fused-ring (bicyclic) bond motifs is 1. The van der Waals surface area contributed by atoms with E-state index >= 15 is 0 Å². The first-order valence-electron chi connectivity index (χ1n) is 7.15. The highest BCUT2D eigenvalue weighted by molar-refractivity contribution is 7.98. The number of hydrogen-bond acceptors (Lipinski definition) is 5. The van der Waals surface area contributed by atoms with Crippen molar-refractivity contribution >= 4 is 23.4 Å². The highest BCUT2D eigenvalue weighted by Gasteiger charge is 2.15. The van der Waals surface area contributed by atoms with Gasteiger partial charge in [-0.1, -0.05) is 11.6 Å². The summed E-state index contributed by atoms with van der Waals surface area (Å²) in [7, 11) is 0. The van der Waals surface area contributed by atoms with Crippen molar-refractivity contribution < 1.29 is 9.47 Å². The van der Waals surface area contributed by atoms with Crippen LogP contribution in [0.15, 0.2) is 23.2 Å². The SMILES string of the molecule is Cc1cc(SCc2cc(Cl)c3c(c2)OCCCO3)nc(C)n1. The zero-order valence-corrected chi connectivity index (χ0v) is 14.1. The fourth-order valence-electron chi connectivity index (χ4n) is 2.28. The summed E-state index contributed by atoms with van der Waals surface area (Å²) in [4.78, 5) is 8.73. The van der Waals surface area contributed by atoms with E-state index in [0.29, 0.717) is 24.0 Å². The lowest BCUT2D eigenvalue weighted by molar-refractivity contribution is 0.297. The molecule has 116 valence electrons. The molecule has 4 nitrogen and oxygen atoms in total. The molecule has 22 heavy (non-hydrogen) atoms. The molecule has 0 N–H and O–H groups in total. The highest BCUT2D eigenvalue weighted by atomic mass is 35.5. The van der Waals surface area contributed by atoms with Gasteiger partial charge in [-0.15, -0.1) is 11.8 Å². The van der Waals surface area contributed by atoms with Gasteiger partial charge in [-0.2, -0.15) is 0 Å². The molecule has 1 aliphatic rings. The maximum absolute atomic E-state index is 6.31. The van der Waals surface area contributed by atoms with Crippen molar-refractivity contribution in [3.05, 3.63) is 40.3 Å². The quantitative estimate of drug-likeness (QED) is 0.621. The predicted molar refractivity (Wildman–Crippen MR) is 88.1 cm³/mol. The Morgan fingerprint density at radius 3 is 2.77 bits per heavy atom.